The molecule has 0 saturated carbocycles. The minimum Gasteiger partial charge on any atom is -0.299 e. The lowest BCUT2D eigenvalue weighted by atomic mass is 9.92. The maximum absolute atomic E-state index is 4.73. The highest BCUT2D eigenvalue weighted by Gasteiger charge is 2.18. The summed E-state index contributed by atoms with van der Waals surface area (Å²) in [6, 6.07) is 21.7. The monoisotopic (exact) mass is 354 g/mol. The van der Waals surface area contributed by atoms with E-state index in [-0.39, 0.29) is 0 Å². The second-order valence-electron chi connectivity index (χ2n) is 7.78. The first-order chi connectivity index (χ1) is 13.1. The topological polar surface area (TPSA) is 17.8 Å². The number of imidazole rings is 1. The molecule has 0 atom stereocenters. The van der Waals surface area contributed by atoms with E-state index in [0.29, 0.717) is 11.8 Å². The lowest BCUT2D eigenvalue weighted by molar-refractivity contribution is 0.807. The van der Waals surface area contributed by atoms with Crippen LogP contribution in [-0.4, -0.2) is 9.55 Å². The average molecular weight is 354 g/mol. The van der Waals surface area contributed by atoms with Crippen molar-refractivity contribution in [1.29, 1.82) is 0 Å². The van der Waals surface area contributed by atoms with Gasteiger partial charge in [-0.3, -0.25) is 4.57 Å². The van der Waals surface area contributed by atoms with Crippen molar-refractivity contribution in [1.82, 2.24) is 9.55 Å². The lowest BCUT2D eigenvalue weighted by Crippen LogP contribution is -2.07. The first-order valence-corrected chi connectivity index (χ1v) is 9.72. The number of benzene rings is 3. The molecule has 27 heavy (non-hydrogen) atoms. The number of rotatable bonds is 4. The molecule has 0 aliphatic heterocycles. The van der Waals surface area contributed by atoms with Crippen molar-refractivity contribution in [2.45, 2.75) is 39.5 Å². The number of para-hydroxylation sites is 1. The predicted molar refractivity (Wildman–Crippen MR) is 115 cm³/mol. The van der Waals surface area contributed by atoms with Gasteiger partial charge in [0, 0.05) is 18.0 Å². The van der Waals surface area contributed by atoms with E-state index >= 15 is 0 Å². The zero-order valence-electron chi connectivity index (χ0n) is 16.5. The molecular weight excluding hydrogens is 328 g/mol. The van der Waals surface area contributed by atoms with Gasteiger partial charge in [-0.1, -0.05) is 82.3 Å². The molecule has 0 unspecified atom stereocenters. The van der Waals surface area contributed by atoms with Crippen molar-refractivity contribution in [2.75, 3.05) is 0 Å². The largest absolute Gasteiger partial charge is 0.299 e. The van der Waals surface area contributed by atoms with E-state index in [9.17, 15) is 0 Å². The molecule has 2 nitrogen and oxygen atoms in total. The fourth-order valence-corrected chi connectivity index (χ4v) is 3.82. The van der Waals surface area contributed by atoms with E-state index < -0.39 is 0 Å². The Morgan fingerprint density at radius 1 is 0.741 bits per heavy atom. The Balaban J connectivity index is 1.94. The third kappa shape index (κ3) is 3.16. The van der Waals surface area contributed by atoms with Crippen molar-refractivity contribution >= 4 is 10.8 Å². The summed E-state index contributed by atoms with van der Waals surface area (Å²) in [4.78, 5) is 4.73. The predicted octanol–water partition coefficient (Wildman–Crippen LogP) is 6.94. The summed E-state index contributed by atoms with van der Waals surface area (Å²) in [5, 5.41) is 2.50. The fourth-order valence-electron chi connectivity index (χ4n) is 3.82. The standard InChI is InChI=1S/C25H26N2/c1-17(2)22-10-7-11-23(18(3)4)24(22)27-15-14-26-25(27)21-13-12-19-8-5-6-9-20(19)16-21/h5-18H,1-4H3. The highest BCUT2D eigenvalue weighted by atomic mass is 15.1. The maximum atomic E-state index is 4.73. The Morgan fingerprint density at radius 2 is 1.41 bits per heavy atom. The second kappa shape index (κ2) is 7.03. The summed E-state index contributed by atoms with van der Waals surface area (Å²) in [6.45, 7) is 9.04. The van der Waals surface area contributed by atoms with Crippen LogP contribution in [0.5, 0.6) is 0 Å². The van der Waals surface area contributed by atoms with Gasteiger partial charge in [0.15, 0.2) is 0 Å². The van der Waals surface area contributed by atoms with E-state index in [1.165, 1.54) is 27.6 Å². The Labute approximate surface area is 161 Å². The van der Waals surface area contributed by atoms with E-state index in [1.54, 1.807) is 0 Å². The average Bonchev–Trinajstić information content (AvgIpc) is 3.16. The summed E-state index contributed by atoms with van der Waals surface area (Å²) in [5.74, 6) is 1.90. The van der Waals surface area contributed by atoms with Crippen LogP contribution in [0.4, 0.5) is 0 Å². The highest BCUT2D eigenvalue weighted by molar-refractivity contribution is 5.86. The van der Waals surface area contributed by atoms with Gasteiger partial charge in [-0.05, 0) is 39.8 Å². The van der Waals surface area contributed by atoms with E-state index in [2.05, 4.69) is 99.1 Å². The summed E-state index contributed by atoms with van der Waals surface area (Å²) < 4.78 is 2.27. The quantitative estimate of drug-likeness (QED) is 0.388. The molecule has 0 fully saturated rings. The number of fused-ring (bicyclic) bond motifs is 1. The van der Waals surface area contributed by atoms with Gasteiger partial charge in [0.25, 0.3) is 0 Å². The molecular formula is C25H26N2. The van der Waals surface area contributed by atoms with Crippen LogP contribution in [0.3, 0.4) is 0 Å². The molecule has 2 heteroatoms. The molecule has 0 aliphatic rings. The van der Waals surface area contributed by atoms with Crippen molar-refractivity contribution in [3.8, 4) is 17.1 Å². The van der Waals surface area contributed by atoms with Crippen LogP contribution in [-0.2, 0) is 0 Å². The smallest absolute Gasteiger partial charge is 0.144 e. The first-order valence-electron chi connectivity index (χ1n) is 9.72. The van der Waals surface area contributed by atoms with Gasteiger partial charge in [-0.15, -0.1) is 0 Å². The highest BCUT2D eigenvalue weighted by Crippen LogP contribution is 2.34. The molecule has 0 saturated heterocycles. The van der Waals surface area contributed by atoms with E-state index in [4.69, 9.17) is 4.98 Å². The molecule has 0 bridgehead atoms. The van der Waals surface area contributed by atoms with Crippen LogP contribution in [0.25, 0.3) is 27.8 Å². The SMILES string of the molecule is CC(C)c1cccc(C(C)C)c1-n1ccnc1-c1ccc2ccccc2c1. The summed E-state index contributed by atoms with van der Waals surface area (Å²) in [5.41, 5.74) is 5.15. The molecule has 4 aromatic rings. The second-order valence-corrected chi connectivity index (χ2v) is 7.78. The molecule has 0 N–H and O–H groups in total. The molecule has 0 aliphatic carbocycles. The van der Waals surface area contributed by atoms with Crippen LogP contribution in [0.2, 0.25) is 0 Å². The van der Waals surface area contributed by atoms with Crippen molar-refractivity contribution in [2.24, 2.45) is 0 Å². The van der Waals surface area contributed by atoms with Crippen molar-refractivity contribution < 1.29 is 0 Å². The van der Waals surface area contributed by atoms with Crippen LogP contribution in [0.1, 0.15) is 50.7 Å². The summed E-state index contributed by atoms with van der Waals surface area (Å²) in [6.07, 6.45) is 4.00. The number of hydrogen-bond donors (Lipinski definition) is 0. The van der Waals surface area contributed by atoms with Crippen LogP contribution in [0, 0.1) is 0 Å². The zero-order valence-corrected chi connectivity index (χ0v) is 16.5. The fraction of sp³-hybridized carbons (Fsp3) is 0.240. The van der Waals surface area contributed by atoms with Crippen molar-refractivity contribution in [3.05, 3.63) is 84.2 Å². The van der Waals surface area contributed by atoms with Gasteiger partial charge in [-0.25, -0.2) is 4.98 Å². The molecule has 3 aromatic carbocycles. The molecule has 0 amide bonds. The van der Waals surface area contributed by atoms with Gasteiger partial charge >= 0.3 is 0 Å². The minimum atomic E-state index is 0.450. The molecule has 136 valence electrons. The maximum Gasteiger partial charge on any atom is 0.144 e. The number of hydrogen-bond acceptors (Lipinski definition) is 1. The van der Waals surface area contributed by atoms with Gasteiger partial charge in [0.2, 0.25) is 0 Å². The Hall–Kier alpha value is -2.87. The molecule has 0 spiro atoms. The zero-order chi connectivity index (χ0) is 19.0. The Kier molecular flexibility index (Phi) is 4.57. The van der Waals surface area contributed by atoms with Gasteiger partial charge < -0.3 is 0 Å². The normalized spacial score (nSPS) is 11.6. The summed E-state index contributed by atoms with van der Waals surface area (Å²) >= 11 is 0. The van der Waals surface area contributed by atoms with Gasteiger partial charge in [0.05, 0.1) is 5.69 Å². The third-order valence-electron chi connectivity index (χ3n) is 5.23. The van der Waals surface area contributed by atoms with Gasteiger partial charge in [0.1, 0.15) is 5.82 Å². The first kappa shape index (κ1) is 17.5. The Morgan fingerprint density at radius 3 is 2.07 bits per heavy atom. The third-order valence-corrected chi connectivity index (χ3v) is 5.23. The molecule has 1 aromatic heterocycles. The summed E-state index contributed by atoms with van der Waals surface area (Å²) in [7, 11) is 0. The van der Waals surface area contributed by atoms with E-state index in [1.807, 2.05) is 6.20 Å². The van der Waals surface area contributed by atoms with E-state index in [0.717, 1.165) is 11.4 Å². The molecule has 0 radical (unpaired) electrons. The van der Waals surface area contributed by atoms with Crippen LogP contribution >= 0.6 is 0 Å². The van der Waals surface area contributed by atoms with Crippen LogP contribution < -0.4 is 0 Å². The van der Waals surface area contributed by atoms with Gasteiger partial charge in [-0.2, -0.15) is 0 Å². The number of nitrogens with zero attached hydrogens (tertiary/aromatic N) is 2. The van der Waals surface area contributed by atoms with Crippen LogP contribution in [0.15, 0.2) is 73.1 Å². The van der Waals surface area contributed by atoms with Crippen molar-refractivity contribution in [3.63, 3.8) is 0 Å². The molecule has 1 heterocycles. The lowest BCUT2D eigenvalue weighted by Gasteiger charge is -2.21. The number of aromatic nitrogens is 2. The molecule has 4 rings (SSSR count). The minimum absolute atomic E-state index is 0.450. The Bertz CT molecular complexity index is 1060.